The van der Waals surface area contributed by atoms with Gasteiger partial charge in [-0.15, -0.1) is 11.6 Å². The smallest absolute Gasteiger partial charge is 0.410 e. The Kier molecular flexibility index (Phi) is 4.65. The molecule has 1 aliphatic heterocycles. The molecule has 1 aliphatic rings. The minimum Gasteiger partial charge on any atom is -0.444 e. The maximum absolute atomic E-state index is 12.1. The molecule has 1 amide bonds. The molecule has 5 heteroatoms. The Hall–Kier alpha value is -0.770. The summed E-state index contributed by atoms with van der Waals surface area (Å²) in [5.74, 6) is -0.128. The van der Waals surface area contributed by atoms with Crippen LogP contribution in [0.25, 0.3) is 0 Å². The molecule has 0 aliphatic carbocycles. The maximum Gasteiger partial charge on any atom is 0.410 e. The molecule has 1 fully saturated rings. The Bertz CT molecular complexity index is 325. The number of carbonyl (C=O) groups is 2. The number of halogens is 1. The molecule has 0 aromatic rings. The van der Waals surface area contributed by atoms with Gasteiger partial charge in [0.05, 0.1) is 17.3 Å². The van der Waals surface area contributed by atoms with Crippen molar-refractivity contribution in [3.8, 4) is 0 Å². The van der Waals surface area contributed by atoms with Gasteiger partial charge in [0.2, 0.25) is 0 Å². The summed E-state index contributed by atoms with van der Waals surface area (Å²) in [4.78, 5) is 24.7. The van der Waals surface area contributed by atoms with Crippen molar-refractivity contribution >= 4 is 24.0 Å². The first-order valence-electron chi connectivity index (χ1n) is 6.26. The van der Waals surface area contributed by atoms with Crippen molar-refractivity contribution in [2.24, 2.45) is 11.8 Å². The second-order valence-corrected chi connectivity index (χ2v) is 6.62. The largest absolute Gasteiger partial charge is 0.444 e. The molecule has 0 saturated carbocycles. The van der Waals surface area contributed by atoms with Crippen LogP contribution in [-0.4, -0.2) is 40.8 Å². The zero-order valence-electron chi connectivity index (χ0n) is 11.6. The van der Waals surface area contributed by atoms with Gasteiger partial charge in [-0.3, -0.25) is 0 Å². The lowest BCUT2D eigenvalue weighted by molar-refractivity contribution is -0.110. The van der Waals surface area contributed by atoms with Crippen LogP contribution in [0.5, 0.6) is 0 Å². The minimum absolute atomic E-state index is 0.156. The van der Waals surface area contributed by atoms with Gasteiger partial charge in [-0.2, -0.15) is 0 Å². The Morgan fingerprint density at radius 1 is 1.44 bits per heavy atom. The van der Waals surface area contributed by atoms with Crippen molar-refractivity contribution in [3.05, 3.63) is 0 Å². The highest BCUT2D eigenvalue weighted by atomic mass is 35.5. The zero-order chi connectivity index (χ0) is 14.1. The van der Waals surface area contributed by atoms with Gasteiger partial charge in [0.25, 0.3) is 0 Å². The molecule has 0 aromatic heterocycles. The number of nitrogens with zero attached hydrogens (tertiary/aromatic N) is 1. The SMILES string of the molecule is CC(C)[C@H]1C(Cl)C(C=O)CN1C(=O)OC(C)(C)C. The van der Waals surface area contributed by atoms with E-state index in [0.29, 0.717) is 6.54 Å². The highest BCUT2D eigenvalue weighted by Gasteiger charge is 2.45. The lowest BCUT2D eigenvalue weighted by Crippen LogP contribution is -2.44. The molecule has 104 valence electrons. The number of alkyl halides is 1. The number of aldehydes is 1. The average Bonchev–Trinajstić information content (AvgIpc) is 2.52. The summed E-state index contributed by atoms with van der Waals surface area (Å²) in [6.07, 6.45) is 0.438. The van der Waals surface area contributed by atoms with E-state index in [4.69, 9.17) is 16.3 Å². The van der Waals surface area contributed by atoms with Gasteiger partial charge in [0, 0.05) is 6.54 Å². The van der Waals surface area contributed by atoms with Gasteiger partial charge in [-0.1, -0.05) is 13.8 Å². The van der Waals surface area contributed by atoms with Crippen LogP contribution < -0.4 is 0 Å². The predicted octanol–water partition coefficient (Wildman–Crippen LogP) is 2.68. The molecule has 1 rings (SSSR count). The van der Waals surface area contributed by atoms with Crippen molar-refractivity contribution in [1.29, 1.82) is 0 Å². The first-order chi connectivity index (χ1) is 8.17. The molecule has 0 aromatic carbocycles. The Morgan fingerprint density at radius 2 is 2.00 bits per heavy atom. The van der Waals surface area contributed by atoms with Crippen molar-refractivity contribution in [2.75, 3.05) is 6.54 Å². The number of ether oxygens (including phenoxy) is 1. The van der Waals surface area contributed by atoms with E-state index in [0.717, 1.165) is 6.29 Å². The number of hydrogen-bond acceptors (Lipinski definition) is 3. The molecule has 2 unspecified atom stereocenters. The van der Waals surface area contributed by atoms with Gasteiger partial charge in [0.15, 0.2) is 0 Å². The Balaban J connectivity index is 2.86. The van der Waals surface area contributed by atoms with Crippen LogP contribution in [0, 0.1) is 11.8 Å². The number of rotatable bonds is 2. The summed E-state index contributed by atoms with van der Waals surface area (Å²) in [6, 6.07) is -0.156. The molecule has 0 N–H and O–H groups in total. The van der Waals surface area contributed by atoms with Crippen LogP contribution in [0.2, 0.25) is 0 Å². The third-order valence-corrected chi connectivity index (χ3v) is 3.57. The second kappa shape index (κ2) is 5.47. The van der Waals surface area contributed by atoms with E-state index in [1.807, 2.05) is 34.6 Å². The van der Waals surface area contributed by atoms with Gasteiger partial charge >= 0.3 is 6.09 Å². The molecular formula is C13H22ClNO3. The maximum atomic E-state index is 12.1. The molecule has 1 saturated heterocycles. The monoisotopic (exact) mass is 275 g/mol. The fourth-order valence-electron chi connectivity index (χ4n) is 2.24. The normalized spacial score (nSPS) is 28.6. The predicted molar refractivity (Wildman–Crippen MR) is 70.8 cm³/mol. The molecule has 0 radical (unpaired) electrons. The standard InChI is InChI=1S/C13H22ClNO3/c1-8(2)11-10(14)9(7-16)6-15(11)12(17)18-13(3,4)5/h7-11H,6H2,1-5H3/t9?,10?,11-/m0/s1. The molecule has 3 atom stereocenters. The topological polar surface area (TPSA) is 46.6 Å². The second-order valence-electron chi connectivity index (χ2n) is 6.11. The van der Waals surface area contributed by atoms with Gasteiger partial charge in [-0.05, 0) is 26.7 Å². The number of carbonyl (C=O) groups excluding carboxylic acids is 2. The summed E-state index contributed by atoms with van der Waals surface area (Å²) < 4.78 is 5.36. The molecule has 1 heterocycles. The summed E-state index contributed by atoms with van der Waals surface area (Å²) in [7, 11) is 0. The molecule has 0 spiro atoms. The molecule has 0 bridgehead atoms. The van der Waals surface area contributed by atoms with Crippen molar-refractivity contribution in [1.82, 2.24) is 4.90 Å². The Labute approximate surface area is 114 Å². The molecule has 18 heavy (non-hydrogen) atoms. The van der Waals surface area contributed by atoms with E-state index in [2.05, 4.69) is 0 Å². The van der Waals surface area contributed by atoms with Crippen molar-refractivity contribution in [2.45, 2.75) is 51.6 Å². The Morgan fingerprint density at radius 3 is 2.39 bits per heavy atom. The summed E-state index contributed by atoms with van der Waals surface area (Å²) in [5, 5.41) is -0.338. The fourth-order valence-corrected chi connectivity index (χ4v) is 2.80. The highest BCUT2D eigenvalue weighted by Crippen LogP contribution is 2.33. The van der Waals surface area contributed by atoms with Gasteiger partial charge in [-0.25, -0.2) is 4.79 Å². The third kappa shape index (κ3) is 3.37. The van der Waals surface area contributed by atoms with Crippen LogP contribution in [-0.2, 0) is 9.53 Å². The van der Waals surface area contributed by atoms with Crippen molar-refractivity contribution < 1.29 is 14.3 Å². The van der Waals surface area contributed by atoms with E-state index < -0.39 is 11.7 Å². The zero-order valence-corrected chi connectivity index (χ0v) is 12.4. The van der Waals surface area contributed by atoms with Gasteiger partial charge in [0.1, 0.15) is 11.9 Å². The summed E-state index contributed by atoms with van der Waals surface area (Å²) in [6.45, 7) is 9.78. The quantitative estimate of drug-likeness (QED) is 0.575. The van der Waals surface area contributed by atoms with E-state index in [1.165, 1.54) is 0 Å². The lowest BCUT2D eigenvalue weighted by Gasteiger charge is -2.31. The number of amides is 1. The van der Waals surface area contributed by atoms with Crippen LogP contribution in [0.4, 0.5) is 4.79 Å². The lowest BCUT2D eigenvalue weighted by atomic mass is 9.98. The summed E-state index contributed by atoms with van der Waals surface area (Å²) >= 11 is 6.27. The molecule has 4 nitrogen and oxygen atoms in total. The van der Waals surface area contributed by atoms with Crippen LogP contribution >= 0.6 is 11.6 Å². The number of hydrogen-bond donors (Lipinski definition) is 0. The fraction of sp³-hybridized carbons (Fsp3) is 0.846. The average molecular weight is 276 g/mol. The van der Waals surface area contributed by atoms with Crippen LogP contribution in [0.1, 0.15) is 34.6 Å². The number of likely N-dealkylation sites (tertiary alicyclic amines) is 1. The van der Waals surface area contributed by atoms with E-state index in [-0.39, 0.29) is 23.3 Å². The summed E-state index contributed by atoms with van der Waals surface area (Å²) in [5.41, 5.74) is -0.542. The highest BCUT2D eigenvalue weighted by molar-refractivity contribution is 6.22. The minimum atomic E-state index is -0.542. The third-order valence-electron chi connectivity index (χ3n) is 2.99. The molecular weight excluding hydrogens is 254 g/mol. The van der Waals surface area contributed by atoms with E-state index in [1.54, 1.807) is 4.90 Å². The first kappa shape index (κ1) is 15.3. The van der Waals surface area contributed by atoms with Crippen LogP contribution in [0.15, 0.2) is 0 Å². The first-order valence-corrected chi connectivity index (χ1v) is 6.70. The van der Waals surface area contributed by atoms with E-state index >= 15 is 0 Å². The van der Waals surface area contributed by atoms with E-state index in [9.17, 15) is 9.59 Å². The van der Waals surface area contributed by atoms with Crippen molar-refractivity contribution in [3.63, 3.8) is 0 Å². The van der Waals surface area contributed by atoms with Gasteiger partial charge < -0.3 is 14.4 Å². The van der Waals surface area contributed by atoms with Crippen LogP contribution in [0.3, 0.4) is 0 Å².